The predicted octanol–water partition coefficient (Wildman–Crippen LogP) is 2.32. The van der Waals surface area contributed by atoms with Crippen molar-refractivity contribution in [1.82, 2.24) is 4.31 Å². The van der Waals surface area contributed by atoms with E-state index in [9.17, 15) is 4.55 Å². The molecule has 0 spiro atoms. The van der Waals surface area contributed by atoms with Gasteiger partial charge in [0.05, 0.1) is 0 Å². The largest absolute Gasteiger partial charge is 0.598 e. The summed E-state index contributed by atoms with van der Waals surface area (Å²) in [5, 5.41) is 0.486. The highest BCUT2D eigenvalue weighted by Gasteiger charge is 2.34. The van der Waals surface area contributed by atoms with Gasteiger partial charge in [-0.15, -0.1) is 4.31 Å². The lowest BCUT2D eigenvalue weighted by molar-refractivity contribution is 0.278. The molecular formula is C11H21NOS. The Morgan fingerprint density at radius 3 is 2.50 bits per heavy atom. The molecule has 0 aromatic carbocycles. The third-order valence-electron chi connectivity index (χ3n) is 3.46. The Balaban J connectivity index is 1.86. The molecule has 1 heterocycles. The van der Waals surface area contributed by atoms with Crippen molar-refractivity contribution < 1.29 is 4.55 Å². The van der Waals surface area contributed by atoms with Crippen molar-refractivity contribution in [2.75, 3.05) is 13.1 Å². The smallest absolute Gasteiger partial charge is 0.135 e. The summed E-state index contributed by atoms with van der Waals surface area (Å²) in [6, 6.07) is 0. The number of rotatable bonds is 2. The van der Waals surface area contributed by atoms with Crippen molar-refractivity contribution in [3.05, 3.63) is 0 Å². The van der Waals surface area contributed by atoms with Gasteiger partial charge in [-0.25, -0.2) is 0 Å². The van der Waals surface area contributed by atoms with Crippen molar-refractivity contribution in [2.45, 2.75) is 50.7 Å². The third kappa shape index (κ3) is 2.44. The molecular weight excluding hydrogens is 194 g/mol. The van der Waals surface area contributed by atoms with Gasteiger partial charge in [-0.3, -0.25) is 0 Å². The van der Waals surface area contributed by atoms with Crippen molar-refractivity contribution in [3.8, 4) is 0 Å². The van der Waals surface area contributed by atoms with Gasteiger partial charge in [-0.2, -0.15) is 0 Å². The van der Waals surface area contributed by atoms with Crippen LogP contribution >= 0.6 is 0 Å². The molecule has 1 saturated heterocycles. The fraction of sp³-hybridized carbons (Fsp3) is 1.00. The summed E-state index contributed by atoms with van der Waals surface area (Å²) in [5.41, 5.74) is 0. The SMILES string of the molecule is C[C@H]1CCCN([S+]([O-])C2CCCC2)C1. The van der Waals surface area contributed by atoms with Gasteiger partial charge in [0.25, 0.3) is 0 Å². The standard InChI is InChI=1S/C11H21NOS/c1-10-5-4-8-12(9-10)14(13)11-6-2-3-7-11/h10-11H,2-9H2,1H3/t10-,14?/m0/s1. The van der Waals surface area contributed by atoms with Crippen LogP contribution in [-0.4, -0.2) is 27.2 Å². The Labute approximate surface area is 90.4 Å². The van der Waals surface area contributed by atoms with E-state index < -0.39 is 11.4 Å². The molecule has 0 N–H and O–H groups in total. The van der Waals surface area contributed by atoms with Crippen LogP contribution in [0.5, 0.6) is 0 Å². The van der Waals surface area contributed by atoms with E-state index in [1.165, 1.54) is 38.5 Å². The van der Waals surface area contributed by atoms with Gasteiger partial charge in [-0.1, -0.05) is 6.92 Å². The van der Waals surface area contributed by atoms with Crippen LogP contribution in [0, 0.1) is 5.92 Å². The second kappa shape index (κ2) is 4.86. The van der Waals surface area contributed by atoms with E-state index in [1.807, 2.05) is 0 Å². The van der Waals surface area contributed by atoms with E-state index in [0.29, 0.717) is 5.25 Å². The number of piperidine rings is 1. The average molecular weight is 215 g/mol. The van der Waals surface area contributed by atoms with Crippen molar-refractivity contribution in [1.29, 1.82) is 0 Å². The lowest BCUT2D eigenvalue weighted by atomic mass is 10.0. The maximum Gasteiger partial charge on any atom is 0.135 e. The summed E-state index contributed by atoms with van der Waals surface area (Å²) in [7, 11) is 0. The Kier molecular flexibility index (Phi) is 3.74. The maximum absolute atomic E-state index is 12.2. The summed E-state index contributed by atoms with van der Waals surface area (Å²) in [6.07, 6.45) is 7.52. The minimum Gasteiger partial charge on any atom is -0.598 e. The molecule has 3 heteroatoms. The molecule has 0 amide bonds. The molecule has 0 aromatic heterocycles. The number of hydrogen-bond donors (Lipinski definition) is 0. The fourth-order valence-corrected chi connectivity index (χ4v) is 4.48. The maximum atomic E-state index is 12.2. The third-order valence-corrected chi connectivity index (χ3v) is 5.34. The average Bonchev–Trinajstić information content (AvgIpc) is 2.69. The van der Waals surface area contributed by atoms with E-state index in [0.717, 1.165) is 19.0 Å². The Hall–Kier alpha value is 0.270. The first-order valence-corrected chi connectivity index (χ1v) is 7.10. The van der Waals surface area contributed by atoms with Crippen molar-refractivity contribution >= 4 is 11.4 Å². The van der Waals surface area contributed by atoms with Crippen molar-refractivity contribution in [3.63, 3.8) is 0 Å². The predicted molar refractivity (Wildman–Crippen MR) is 60.4 cm³/mol. The molecule has 2 atom stereocenters. The monoisotopic (exact) mass is 215 g/mol. The summed E-state index contributed by atoms with van der Waals surface area (Å²) in [5.74, 6) is 0.745. The van der Waals surface area contributed by atoms with Crippen LogP contribution in [0.15, 0.2) is 0 Å². The molecule has 2 rings (SSSR count). The summed E-state index contributed by atoms with van der Waals surface area (Å²) in [4.78, 5) is 0. The molecule has 1 saturated carbocycles. The van der Waals surface area contributed by atoms with E-state index in [-0.39, 0.29) is 0 Å². The van der Waals surface area contributed by atoms with Crippen LogP contribution in [0.25, 0.3) is 0 Å². The van der Waals surface area contributed by atoms with Gasteiger partial charge < -0.3 is 4.55 Å². The van der Waals surface area contributed by atoms with Crippen LogP contribution in [0.3, 0.4) is 0 Å². The van der Waals surface area contributed by atoms with Gasteiger partial charge in [0, 0.05) is 24.5 Å². The summed E-state index contributed by atoms with van der Waals surface area (Å²) < 4.78 is 14.4. The highest BCUT2D eigenvalue weighted by atomic mass is 32.2. The highest BCUT2D eigenvalue weighted by Crippen LogP contribution is 2.29. The molecule has 0 radical (unpaired) electrons. The van der Waals surface area contributed by atoms with Crippen LogP contribution in [0.2, 0.25) is 0 Å². The van der Waals surface area contributed by atoms with Gasteiger partial charge in [0.1, 0.15) is 5.25 Å². The van der Waals surface area contributed by atoms with E-state index >= 15 is 0 Å². The fourth-order valence-electron chi connectivity index (χ4n) is 2.61. The van der Waals surface area contributed by atoms with Gasteiger partial charge in [0.2, 0.25) is 0 Å². The normalized spacial score (nSPS) is 33.4. The minimum atomic E-state index is -0.669. The van der Waals surface area contributed by atoms with E-state index in [2.05, 4.69) is 11.2 Å². The number of hydrogen-bond acceptors (Lipinski definition) is 2. The van der Waals surface area contributed by atoms with Crippen LogP contribution in [-0.2, 0) is 11.4 Å². The summed E-state index contributed by atoms with van der Waals surface area (Å²) >= 11 is -0.669. The van der Waals surface area contributed by atoms with E-state index in [4.69, 9.17) is 0 Å². The zero-order valence-corrected chi connectivity index (χ0v) is 9.89. The number of nitrogens with zero attached hydrogens (tertiary/aromatic N) is 1. The first-order chi connectivity index (χ1) is 6.77. The molecule has 2 aliphatic rings. The molecule has 1 aliphatic carbocycles. The van der Waals surface area contributed by atoms with Gasteiger partial charge in [0.15, 0.2) is 0 Å². The van der Waals surface area contributed by atoms with E-state index in [1.54, 1.807) is 0 Å². The topological polar surface area (TPSA) is 26.3 Å². The van der Waals surface area contributed by atoms with Gasteiger partial charge in [-0.05, 0) is 44.4 Å². The second-order valence-electron chi connectivity index (χ2n) is 4.82. The molecule has 1 aliphatic heterocycles. The highest BCUT2D eigenvalue weighted by molar-refractivity contribution is 7.89. The first kappa shape index (κ1) is 10.8. The van der Waals surface area contributed by atoms with Crippen LogP contribution < -0.4 is 0 Å². The quantitative estimate of drug-likeness (QED) is 0.661. The van der Waals surface area contributed by atoms with Gasteiger partial charge >= 0.3 is 0 Å². The minimum absolute atomic E-state index is 0.486. The Bertz CT molecular complexity index is 182. The zero-order valence-electron chi connectivity index (χ0n) is 9.08. The molecule has 2 nitrogen and oxygen atoms in total. The van der Waals surface area contributed by atoms with Crippen LogP contribution in [0.4, 0.5) is 0 Å². The molecule has 82 valence electrons. The summed E-state index contributed by atoms with van der Waals surface area (Å²) in [6.45, 7) is 4.40. The van der Waals surface area contributed by atoms with Crippen molar-refractivity contribution in [2.24, 2.45) is 5.92 Å². The molecule has 1 unspecified atom stereocenters. The second-order valence-corrected chi connectivity index (χ2v) is 6.55. The molecule has 0 bridgehead atoms. The zero-order chi connectivity index (χ0) is 9.97. The lowest BCUT2D eigenvalue weighted by Crippen LogP contribution is -2.43. The molecule has 0 aromatic rings. The Morgan fingerprint density at radius 2 is 1.86 bits per heavy atom. The molecule has 14 heavy (non-hydrogen) atoms. The first-order valence-electron chi connectivity index (χ1n) is 5.93. The Morgan fingerprint density at radius 1 is 1.14 bits per heavy atom. The lowest BCUT2D eigenvalue weighted by Gasteiger charge is -2.33. The molecule has 2 fully saturated rings. The van der Waals surface area contributed by atoms with Crippen LogP contribution in [0.1, 0.15) is 45.4 Å².